The molecule has 0 spiro atoms. The van der Waals surface area contributed by atoms with Crippen molar-refractivity contribution in [3.63, 3.8) is 0 Å². The first kappa shape index (κ1) is 25.3. The first-order valence-corrected chi connectivity index (χ1v) is 13.6. The van der Waals surface area contributed by atoms with Crippen molar-refractivity contribution in [1.82, 2.24) is 18.9 Å². The molecule has 0 unspecified atom stereocenters. The number of phenolic OH excluding ortho intramolecular Hbond substituents is 1. The van der Waals surface area contributed by atoms with Crippen molar-refractivity contribution in [3.05, 3.63) is 71.9 Å². The van der Waals surface area contributed by atoms with Gasteiger partial charge in [-0.15, -0.1) is 0 Å². The number of anilines is 1. The smallest absolute Gasteiger partial charge is 0.243 e. The Morgan fingerprint density at radius 1 is 1.14 bits per heavy atom. The van der Waals surface area contributed by atoms with E-state index in [4.69, 9.17) is 0 Å². The van der Waals surface area contributed by atoms with Crippen LogP contribution in [0.25, 0.3) is 16.9 Å². The highest BCUT2D eigenvalue weighted by molar-refractivity contribution is 14.1. The predicted octanol–water partition coefficient (Wildman–Crippen LogP) is 4.57. The summed E-state index contributed by atoms with van der Waals surface area (Å²) in [6.45, 7) is 2.45. The number of hydrogen-bond acceptors (Lipinski definition) is 6. The molecule has 2 N–H and O–H groups in total. The summed E-state index contributed by atoms with van der Waals surface area (Å²) in [5.41, 5.74) is 2.63. The van der Waals surface area contributed by atoms with Crippen LogP contribution in [-0.4, -0.2) is 50.1 Å². The Morgan fingerprint density at radius 2 is 1.91 bits per heavy atom. The summed E-state index contributed by atoms with van der Waals surface area (Å²) in [6.07, 6.45) is 2.12. The van der Waals surface area contributed by atoms with Crippen LogP contribution in [0.1, 0.15) is 12.0 Å². The number of hydrogen-bond donors (Lipinski definition) is 2. The Labute approximate surface area is 214 Å². The minimum Gasteiger partial charge on any atom is -0.507 e. The lowest BCUT2D eigenvalue weighted by Crippen LogP contribution is -2.32. The van der Waals surface area contributed by atoms with Gasteiger partial charge in [0.05, 0.1) is 21.3 Å². The van der Waals surface area contributed by atoms with Gasteiger partial charge in [-0.25, -0.2) is 22.2 Å². The summed E-state index contributed by atoms with van der Waals surface area (Å²) >= 11 is 1.92. The molecule has 0 radical (unpaired) electrons. The minimum atomic E-state index is -3.98. The third kappa shape index (κ3) is 5.23. The molecule has 4 aromatic rings. The number of sulfonamides is 1. The molecule has 0 atom stereocenters. The van der Waals surface area contributed by atoms with Gasteiger partial charge in [-0.3, -0.25) is 0 Å². The van der Waals surface area contributed by atoms with Crippen molar-refractivity contribution in [2.24, 2.45) is 0 Å². The van der Waals surface area contributed by atoms with Crippen LogP contribution >= 0.6 is 22.6 Å². The number of phenols is 1. The zero-order chi connectivity index (χ0) is 25.2. The van der Waals surface area contributed by atoms with Crippen LogP contribution in [0.15, 0.2) is 59.6 Å². The highest BCUT2D eigenvalue weighted by Gasteiger charge is 2.24. The highest BCUT2D eigenvalue weighted by atomic mass is 127. The van der Waals surface area contributed by atoms with Gasteiger partial charge in [0.15, 0.2) is 17.3 Å². The quantitative estimate of drug-likeness (QED) is 0.124. The van der Waals surface area contributed by atoms with Crippen molar-refractivity contribution >= 4 is 44.1 Å². The molecule has 0 saturated heterocycles. The van der Waals surface area contributed by atoms with Gasteiger partial charge in [0, 0.05) is 30.3 Å². The largest absolute Gasteiger partial charge is 0.507 e. The Kier molecular flexibility index (Phi) is 7.52. The highest BCUT2D eigenvalue weighted by Crippen LogP contribution is 2.30. The number of nitrogens with zero attached hydrogens (tertiary/aromatic N) is 4. The van der Waals surface area contributed by atoms with E-state index in [2.05, 4.69) is 15.4 Å². The van der Waals surface area contributed by atoms with Crippen LogP contribution in [0.2, 0.25) is 0 Å². The Balaban J connectivity index is 1.51. The van der Waals surface area contributed by atoms with Gasteiger partial charge in [0.1, 0.15) is 11.6 Å². The maximum atomic E-state index is 13.6. The molecule has 8 nitrogen and oxygen atoms in total. The van der Waals surface area contributed by atoms with Crippen molar-refractivity contribution < 1.29 is 22.3 Å². The summed E-state index contributed by atoms with van der Waals surface area (Å²) < 4.78 is 55.5. The molecule has 2 aromatic carbocycles. The second kappa shape index (κ2) is 10.4. The zero-order valence-electron chi connectivity index (χ0n) is 18.6. The fourth-order valence-electron chi connectivity index (χ4n) is 3.53. The van der Waals surface area contributed by atoms with E-state index in [0.717, 1.165) is 17.7 Å². The molecule has 4 rings (SSSR count). The maximum absolute atomic E-state index is 13.6. The van der Waals surface area contributed by atoms with Crippen LogP contribution in [-0.2, 0) is 10.0 Å². The van der Waals surface area contributed by atoms with Gasteiger partial charge in [0.25, 0.3) is 0 Å². The average molecular weight is 613 g/mol. The number of aromatic hydroxyl groups is 1. The number of para-hydroxylation sites is 1. The Bertz CT molecular complexity index is 1480. The molecule has 0 aliphatic heterocycles. The lowest BCUT2D eigenvalue weighted by Gasteiger charge is -2.20. The van der Waals surface area contributed by atoms with Gasteiger partial charge >= 0.3 is 0 Å². The van der Waals surface area contributed by atoms with Gasteiger partial charge in [0.2, 0.25) is 10.0 Å². The van der Waals surface area contributed by atoms with Crippen LogP contribution in [0, 0.1) is 18.6 Å². The van der Waals surface area contributed by atoms with E-state index < -0.39 is 21.7 Å². The van der Waals surface area contributed by atoms with E-state index in [1.165, 1.54) is 4.31 Å². The molecular weight excluding hydrogens is 591 g/mol. The van der Waals surface area contributed by atoms with Crippen LogP contribution in [0.5, 0.6) is 5.75 Å². The number of halogens is 3. The molecule has 0 saturated carbocycles. The van der Waals surface area contributed by atoms with Gasteiger partial charge < -0.3 is 10.4 Å². The first-order valence-electron chi connectivity index (χ1n) is 10.6. The molecule has 2 heterocycles. The SMILES string of the molecule is Cc1cnn2c(NCCCN(CI)S(=O)(=O)c3ccc(F)c(F)c3)cc(-c3ccccc3O)nc12. The maximum Gasteiger partial charge on any atom is 0.243 e. The molecular formula is C23H22F2IN5O3S. The summed E-state index contributed by atoms with van der Waals surface area (Å²) in [5, 5.41) is 17.9. The second-order valence-electron chi connectivity index (χ2n) is 7.76. The van der Waals surface area contributed by atoms with Crippen molar-refractivity contribution in [2.45, 2.75) is 18.2 Å². The third-order valence-electron chi connectivity index (χ3n) is 5.38. The van der Waals surface area contributed by atoms with E-state index in [1.54, 1.807) is 35.0 Å². The lowest BCUT2D eigenvalue weighted by atomic mass is 10.1. The van der Waals surface area contributed by atoms with Crippen molar-refractivity contribution in [2.75, 3.05) is 23.0 Å². The topological polar surface area (TPSA) is 99.8 Å². The first-order chi connectivity index (χ1) is 16.7. The van der Waals surface area contributed by atoms with E-state index in [-0.39, 0.29) is 21.7 Å². The Hall–Kier alpha value is -2.84. The van der Waals surface area contributed by atoms with Crippen LogP contribution in [0.4, 0.5) is 14.6 Å². The molecule has 35 heavy (non-hydrogen) atoms. The standard InChI is InChI=1S/C23H22F2IN5O3S/c1-15-13-28-31-22(12-20(29-23(15)31)17-5-2-3-6-21(17)32)27-9-4-10-30(14-26)35(33,34)16-7-8-18(24)19(25)11-16/h2-3,5-8,11-13,27,32H,4,9-10,14H2,1H3. The van der Waals surface area contributed by atoms with E-state index in [9.17, 15) is 22.3 Å². The zero-order valence-corrected chi connectivity index (χ0v) is 21.6. The molecule has 0 bridgehead atoms. The van der Waals surface area contributed by atoms with Crippen molar-refractivity contribution in [3.8, 4) is 17.0 Å². The Morgan fingerprint density at radius 3 is 2.63 bits per heavy atom. The van der Waals surface area contributed by atoms with Crippen molar-refractivity contribution in [1.29, 1.82) is 0 Å². The fourth-order valence-corrected chi connectivity index (χ4v) is 6.26. The number of nitrogens with one attached hydrogen (secondary N) is 1. The lowest BCUT2D eigenvalue weighted by molar-refractivity contribution is 0.458. The molecule has 184 valence electrons. The number of aryl methyl sites for hydroxylation is 1. The molecule has 0 aliphatic carbocycles. The third-order valence-corrected chi connectivity index (χ3v) is 8.51. The van der Waals surface area contributed by atoms with E-state index in [0.29, 0.717) is 41.8 Å². The van der Waals surface area contributed by atoms with E-state index >= 15 is 0 Å². The number of aromatic nitrogens is 3. The number of rotatable bonds is 9. The fraction of sp³-hybridized carbons (Fsp3) is 0.217. The number of benzene rings is 2. The summed E-state index contributed by atoms with van der Waals surface area (Å²) in [4.78, 5) is 4.33. The summed E-state index contributed by atoms with van der Waals surface area (Å²) in [5.74, 6) is -1.58. The molecule has 2 aromatic heterocycles. The van der Waals surface area contributed by atoms with Gasteiger partial charge in [-0.05, 0) is 43.7 Å². The molecule has 0 fully saturated rings. The average Bonchev–Trinajstić information content (AvgIpc) is 3.21. The summed E-state index contributed by atoms with van der Waals surface area (Å²) in [7, 11) is -3.98. The summed E-state index contributed by atoms with van der Waals surface area (Å²) in [6, 6.07) is 11.2. The van der Waals surface area contributed by atoms with Gasteiger partial charge in [-0.2, -0.15) is 13.9 Å². The molecule has 0 aliphatic rings. The minimum absolute atomic E-state index is 0.104. The second-order valence-corrected chi connectivity index (χ2v) is 10.4. The van der Waals surface area contributed by atoms with E-state index in [1.807, 2.05) is 35.6 Å². The van der Waals surface area contributed by atoms with Crippen LogP contribution in [0.3, 0.4) is 0 Å². The number of alkyl halides is 1. The monoisotopic (exact) mass is 613 g/mol. The predicted molar refractivity (Wildman–Crippen MR) is 137 cm³/mol. The number of fused-ring (bicyclic) bond motifs is 1. The molecule has 12 heteroatoms. The van der Waals surface area contributed by atoms with Gasteiger partial charge in [-0.1, -0.05) is 34.7 Å². The normalized spacial score (nSPS) is 11.9. The molecule has 0 amide bonds. The van der Waals surface area contributed by atoms with Crippen LogP contribution < -0.4 is 5.32 Å².